The monoisotopic (exact) mass is 289 g/mol. The van der Waals surface area contributed by atoms with Crippen LogP contribution in [0.2, 0.25) is 0 Å². The number of hydrogen-bond donors (Lipinski definition) is 2. The van der Waals surface area contributed by atoms with Gasteiger partial charge in [-0.25, -0.2) is 9.69 Å². The minimum atomic E-state index is 0.482. The molecule has 112 valence electrons. The summed E-state index contributed by atoms with van der Waals surface area (Å²) in [6, 6.07) is 1.83. The van der Waals surface area contributed by atoms with E-state index in [0.29, 0.717) is 17.8 Å². The standard InChI is InChI=1S/C12H19N9/c1-13-10-15-11(18-20-8-6-19(2)7-9-20)17-12(16-10)21-5-3-4-14-21/h3-5H,6-9H2,1-2H3,(H2,13,15,16,17,18). The van der Waals surface area contributed by atoms with Gasteiger partial charge in [-0.1, -0.05) is 0 Å². The summed E-state index contributed by atoms with van der Waals surface area (Å²) < 4.78 is 1.61. The summed E-state index contributed by atoms with van der Waals surface area (Å²) in [6.45, 7) is 3.88. The minimum Gasteiger partial charge on any atom is -0.357 e. The molecule has 0 radical (unpaired) electrons. The van der Waals surface area contributed by atoms with Gasteiger partial charge in [0.15, 0.2) is 0 Å². The van der Waals surface area contributed by atoms with E-state index in [9.17, 15) is 0 Å². The van der Waals surface area contributed by atoms with Crippen molar-refractivity contribution in [2.45, 2.75) is 0 Å². The van der Waals surface area contributed by atoms with Crippen molar-refractivity contribution in [3.63, 3.8) is 0 Å². The van der Waals surface area contributed by atoms with Gasteiger partial charge in [0, 0.05) is 45.6 Å². The van der Waals surface area contributed by atoms with E-state index in [2.05, 4.69) is 47.7 Å². The first kappa shape index (κ1) is 13.7. The first-order valence-electron chi connectivity index (χ1n) is 6.88. The Kier molecular flexibility index (Phi) is 3.93. The van der Waals surface area contributed by atoms with Gasteiger partial charge in [-0.05, 0) is 13.1 Å². The first-order chi connectivity index (χ1) is 10.2. The SMILES string of the molecule is CNc1nc(NN2CCN(C)CC2)nc(-n2cccn2)n1. The molecule has 1 fully saturated rings. The van der Waals surface area contributed by atoms with Crippen LogP contribution in [0.1, 0.15) is 0 Å². The van der Waals surface area contributed by atoms with Crippen LogP contribution in [0.3, 0.4) is 0 Å². The number of rotatable bonds is 4. The molecule has 21 heavy (non-hydrogen) atoms. The third-order valence-electron chi connectivity index (χ3n) is 3.32. The summed E-state index contributed by atoms with van der Waals surface area (Å²) >= 11 is 0. The number of aromatic nitrogens is 5. The molecule has 2 N–H and O–H groups in total. The predicted octanol–water partition coefficient (Wildman–Crippen LogP) is -0.327. The summed E-state index contributed by atoms with van der Waals surface area (Å²) in [7, 11) is 3.90. The van der Waals surface area contributed by atoms with E-state index in [0.717, 1.165) is 26.2 Å². The maximum absolute atomic E-state index is 4.41. The summed E-state index contributed by atoms with van der Waals surface area (Å²) in [5, 5.41) is 9.20. The average Bonchev–Trinajstić information content (AvgIpc) is 3.04. The van der Waals surface area contributed by atoms with Crippen LogP contribution in [0.4, 0.5) is 11.9 Å². The molecule has 0 spiro atoms. The lowest BCUT2D eigenvalue weighted by atomic mass is 10.4. The fourth-order valence-corrected chi connectivity index (χ4v) is 2.08. The number of hydrogen-bond acceptors (Lipinski definition) is 8. The van der Waals surface area contributed by atoms with Crippen molar-refractivity contribution in [1.82, 2.24) is 34.6 Å². The van der Waals surface area contributed by atoms with Crippen molar-refractivity contribution in [2.75, 3.05) is 51.0 Å². The lowest BCUT2D eigenvalue weighted by Crippen LogP contribution is -2.47. The van der Waals surface area contributed by atoms with E-state index in [1.54, 1.807) is 24.1 Å². The zero-order valence-electron chi connectivity index (χ0n) is 12.2. The van der Waals surface area contributed by atoms with Crippen LogP contribution < -0.4 is 10.7 Å². The normalized spacial score (nSPS) is 16.9. The molecule has 9 heteroatoms. The summed E-state index contributed by atoms with van der Waals surface area (Å²) in [5.41, 5.74) is 3.24. The van der Waals surface area contributed by atoms with Crippen molar-refractivity contribution < 1.29 is 0 Å². The summed E-state index contributed by atoms with van der Waals surface area (Å²) in [4.78, 5) is 15.3. The molecule has 9 nitrogen and oxygen atoms in total. The first-order valence-corrected chi connectivity index (χ1v) is 6.88. The third kappa shape index (κ3) is 3.26. The van der Waals surface area contributed by atoms with E-state index in [1.807, 2.05) is 6.07 Å². The summed E-state index contributed by atoms with van der Waals surface area (Å²) in [5.74, 6) is 1.51. The molecule has 0 saturated carbocycles. The van der Waals surface area contributed by atoms with E-state index < -0.39 is 0 Å². The van der Waals surface area contributed by atoms with Gasteiger partial charge in [-0.3, -0.25) is 5.43 Å². The van der Waals surface area contributed by atoms with Crippen LogP contribution in [0.15, 0.2) is 18.5 Å². The zero-order valence-corrected chi connectivity index (χ0v) is 12.2. The van der Waals surface area contributed by atoms with Crippen LogP contribution in [0.5, 0.6) is 0 Å². The lowest BCUT2D eigenvalue weighted by molar-refractivity contribution is 0.178. The van der Waals surface area contributed by atoms with Gasteiger partial charge in [0.2, 0.25) is 11.9 Å². The molecule has 0 amide bonds. The number of piperazine rings is 1. The zero-order chi connectivity index (χ0) is 14.7. The van der Waals surface area contributed by atoms with Gasteiger partial charge < -0.3 is 10.2 Å². The molecule has 2 aromatic rings. The quantitative estimate of drug-likeness (QED) is 0.791. The molecule has 1 aliphatic rings. The fraction of sp³-hybridized carbons (Fsp3) is 0.500. The minimum absolute atomic E-state index is 0.482. The van der Waals surface area contributed by atoms with Gasteiger partial charge in [0.1, 0.15) is 0 Å². The van der Waals surface area contributed by atoms with Gasteiger partial charge in [-0.15, -0.1) is 0 Å². The Morgan fingerprint density at radius 1 is 1.05 bits per heavy atom. The molecule has 0 aromatic carbocycles. The average molecular weight is 289 g/mol. The van der Waals surface area contributed by atoms with Gasteiger partial charge in [0.25, 0.3) is 5.95 Å². The third-order valence-corrected chi connectivity index (χ3v) is 3.32. The number of nitrogens with one attached hydrogen (secondary N) is 2. The van der Waals surface area contributed by atoms with Gasteiger partial charge in [-0.2, -0.15) is 20.1 Å². The fourth-order valence-electron chi connectivity index (χ4n) is 2.08. The molecule has 1 aliphatic heterocycles. The molecular weight excluding hydrogens is 270 g/mol. The molecule has 0 aliphatic carbocycles. The Bertz CT molecular complexity index is 574. The number of anilines is 2. The van der Waals surface area contributed by atoms with E-state index in [1.165, 1.54) is 0 Å². The summed E-state index contributed by atoms with van der Waals surface area (Å²) in [6.07, 6.45) is 3.49. The van der Waals surface area contributed by atoms with Crippen LogP contribution in [0.25, 0.3) is 5.95 Å². The number of likely N-dealkylation sites (N-methyl/N-ethyl adjacent to an activating group) is 1. The Labute approximate surface area is 123 Å². The molecule has 3 rings (SSSR count). The second-order valence-electron chi connectivity index (χ2n) is 4.89. The lowest BCUT2D eigenvalue weighted by Gasteiger charge is -2.32. The van der Waals surface area contributed by atoms with E-state index in [-0.39, 0.29) is 0 Å². The highest BCUT2D eigenvalue weighted by Crippen LogP contribution is 2.10. The Morgan fingerprint density at radius 3 is 2.48 bits per heavy atom. The van der Waals surface area contributed by atoms with Crippen LogP contribution in [0, 0.1) is 0 Å². The van der Waals surface area contributed by atoms with Crippen molar-refractivity contribution >= 4 is 11.9 Å². The molecule has 3 heterocycles. The number of nitrogens with zero attached hydrogens (tertiary/aromatic N) is 7. The molecule has 2 aromatic heterocycles. The maximum atomic E-state index is 4.41. The smallest absolute Gasteiger partial charge is 0.257 e. The van der Waals surface area contributed by atoms with E-state index in [4.69, 9.17) is 0 Å². The molecule has 1 saturated heterocycles. The van der Waals surface area contributed by atoms with Crippen LogP contribution >= 0.6 is 0 Å². The Hall–Kier alpha value is -2.26. The van der Waals surface area contributed by atoms with Crippen molar-refractivity contribution in [2.24, 2.45) is 0 Å². The van der Waals surface area contributed by atoms with E-state index >= 15 is 0 Å². The second-order valence-corrected chi connectivity index (χ2v) is 4.89. The predicted molar refractivity (Wildman–Crippen MR) is 79.2 cm³/mol. The van der Waals surface area contributed by atoms with Gasteiger partial charge in [0.05, 0.1) is 0 Å². The second kappa shape index (κ2) is 6.02. The van der Waals surface area contributed by atoms with Crippen molar-refractivity contribution in [3.05, 3.63) is 18.5 Å². The molecule has 0 atom stereocenters. The van der Waals surface area contributed by atoms with Crippen molar-refractivity contribution in [3.8, 4) is 5.95 Å². The highest BCUT2D eigenvalue weighted by molar-refractivity contribution is 5.36. The Morgan fingerprint density at radius 2 is 1.81 bits per heavy atom. The largest absolute Gasteiger partial charge is 0.357 e. The highest BCUT2D eigenvalue weighted by atomic mass is 15.6. The molecular formula is C12H19N9. The molecule has 0 unspecified atom stereocenters. The molecule has 0 bridgehead atoms. The van der Waals surface area contributed by atoms with Gasteiger partial charge >= 0.3 is 0 Å². The van der Waals surface area contributed by atoms with Crippen LogP contribution in [-0.4, -0.2) is 74.9 Å². The maximum Gasteiger partial charge on any atom is 0.257 e. The van der Waals surface area contributed by atoms with Crippen molar-refractivity contribution in [1.29, 1.82) is 0 Å². The topological polar surface area (TPSA) is 87.0 Å². The Balaban J connectivity index is 1.79. The van der Waals surface area contributed by atoms with Crippen LogP contribution in [-0.2, 0) is 0 Å². The highest BCUT2D eigenvalue weighted by Gasteiger charge is 2.15. The number of hydrazine groups is 1.